The van der Waals surface area contributed by atoms with Gasteiger partial charge in [-0.3, -0.25) is 0 Å². The van der Waals surface area contributed by atoms with E-state index in [-0.39, 0.29) is 11.5 Å². The zero-order valence-corrected chi connectivity index (χ0v) is 14.2. The summed E-state index contributed by atoms with van der Waals surface area (Å²) in [4.78, 5) is 2.03. The maximum Gasteiger partial charge on any atom is 0.208 e. The highest BCUT2D eigenvalue weighted by molar-refractivity contribution is 7.88. The van der Waals surface area contributed by atoms with Crippen molar-refractivity contribution in [3.63, 3.8) is 0 Å². The number of hydrogen-bond acceptors (Lipinski definition) is 5. The largest absolute Gasteiger partial charge is 0.360 e. The smallest absolute Gasteiger partial charge is 0.208 e. The van der Waals surface area contributed by atoms with Crippen LogP contribution in [-0.4, -0.2) is 44.9 Å². The summed E-state index contributed by atoms with van der Waals surface area (Å²) < 4.78 is 30.7. The Kier molecular flexibility index (Phi) is 4.46. The van der Waals surface area contributed by atoms with Crippen LogP contribution < -0.4 is 4.72 Å². The molecule has 0 saturated heterocycles. The van der Waals surface area contributed by atoms with Gasteiger partial charge in [0, 0.05) is 12.1 Å². The van der Waals surface area contributed by atoms with Crippen molar-refractivity contribution >= 4 is 10.0 Å². The summed E-state index contributed by atoms with van der Waals surface area (Å²) in [7, 11) is 0.819. The molecule has 120 valence electrons. The Morgan fingerprint density at radius 3 is 2.67 bits per heavy atom. The molecule has 1 saturated carbocycles. The average molecular weight is 315 g/mol. The summed E-state index contributed by atoms with van der Waals surface area (Å²) >= 11 is 0. The van der Waals surface area contributed by atoms with Gasteiger partial charge in [-0.15, -0.1) is 0 Å². The van der Waals surface area contributed by atoms with Gasteiger partial charge in [-0.25, -0.2) is 13.1 Å². The van der Waals surface area contributed by atoms with Crippen molar-refractivity contribution in [2.75, 3.05) is 20.4 Å². The molecule has 0 spiro atoms. The molecule has 1 aliphatic rings. The molecule has 1 N–H and O–H groups in total. The van der Waals surface area contributed by atoms with Crippen LogP contribution in [0.4, 0.5) is 0 Å². The van der Waals surface area contributed by atoms with Crippen LogP contribution in [0.15, 0.2) is 10.6 Å². The Labute approximate surface area is 126 Å². The zero-order valence-electron chi connectivity index (χ0n) is 13.4. The molecule has 1 aromatic heterocycles. The topological polar surface area (TPSA) is 75.4 Å². The first-order valence-electron chi connectivity index (χ1n) is 7.14. The fraction of sp³-hybridized carbons (Fsp3) is 0.786. The van der Waals surface area contributed by atoms with Gasteiger partial charge in [-0.1, -0.05) is 19.0 Å². The molecule has 2 rings (SSSR count). The summed E-state index contributed by atoms with van der Waals surface area (Å²) in [5.74, 6) is 1.27. The molecular weight excluding hydrogens is 290 g/mol. The maximum atomic E-state index is 11.4. The van der Waals surface area contributed by atoms with Crippen molar-refractivity contribution in [3.05, 3.63) is 17.5 Å². The second-order valence-electron chi connectivity index (χ2n) is 6.92. The normalized spacial score (nSPS) is 25.0. The number of aromatic nitrogens is 1. The Bertz CT molecular complexity index is 592. The second kappa shape index (κ2) is 5.70. The van der Waals surface area contributed by atoms with Crippen LogP contribution in [0.3, 0.4) is 0 Å². The summed E-state index contributed by atoms with van der Waals surface area (Å²) in [6.07, 6.45) is 2.88. The van der Waals surface area contributed by atoms with E-state index in [0.717, 1.165) is 30.8 Å². The standard InChI is InChI=1S/C14H25N3O3S/c1-14(2)10(7-13(14)16-21(5,18)19)6-11-8-12(20-15-11)9-17(3)4/h8,10,13,16H,6-7,9H2,1-5H3/t10-,13+/m1/s1. The van der Waals surface area contributed by atoms with Gasteiger partial charge in [0.1, 0.15) is 0 Å². The number of hydrogen-bond donors (Lipinski definition) is 1. The SMILES string of the molecule is CN(C)Cc1cc(C[C@@H]2C[C@H](NS(C)(=O)=O)C2(C)C)no1. The minimum Gasteiger partial charge on any atom is -0.360 e. The van der Waals surface area contributed by atoms with E-state index in [1.807, 2.05) is 25.1 Å². The van der Waals surface area contributed by atoms with Gasteiger partial charge in [0.15, 0.2) is 5.76 Å². The van der Waals surface area contributed by atoms with Crippen molar-refractivity contribution < 1.29 is 12.9 Å². The summed E-state index contributed by atoms with van der Waals surface area (Å²) in [6.45, 7) is 4.94. The zero-order chi connectivity index (χ0) is 15.8. The van der Waals surface area contributed by atoms with E-state index in [2.05, 4.69) is 23.7 Å². The van der Waals surface area contributed by atoms with Gasteiger partial charge < -0.3 is 9.42 Å². The van der Waals surface area contributed by atoms with E-state index in [1.165, 1.54) is 6.26 Å². The maximum absolute atomic E-state index is 11.4. The minimum absolute atomic E-state index is 0.00523. The van der Waals surface area contributed by atoms with E-state index in [9.17, 15) is 8.42 Å². The molecule has 0 aliphatic heterocycles. The second-order valence-corrected chi connectivity index (χ2v) is 8.70. The van der Waals surface area contributed by atoms with Crippen LogP contribution >= 0.6 is 0 Å². The lowest BCUT2D eigenvalue weighted by molar-refractivity contribution is 0.0271. The van der Waals surface area contributed by atoms with Gasteiger partial charge in [0.05, 0.1) is 18.5 Å². The van der Waals surface area contributed by atoms with Gasteiger partial charge >= 0.3 is 0 Å². The molecule has 2 atom stereocenters. The van der Waals surface area contributed by atoms with Crippen molar-refractivity contribution in [1.29, 1.82) is 0 Å². The summed E-state index contributed by atoms with van der Waals surface area (Å²) in [6, 6.07) is 2.00. The predicted octanol–water partition coefficient (Wildman–Crippen LogP) is 1.24. The van der Waals surface area contributed by atoms with E-state index < -0.39 is 10.0 Å². The highest BCUT2D eigenvalue weighted by Crippen LogP contribution is 2.47. The minimum atomic E-state index is -3.15. The Morgan fingerprint density at radius 1 is 1.48 bits per heavy atom. The van der Waals surface area contributed by atoms with E-state index in [4.69, 9.17) is 4.52 Å². The number of sulfonamides is 1. The van der Waals surface area contributed by atoms with Gasteiger partial charge in [-0.2, -0.15) is 0 Å². The predicted molar refractivity (Wildman–Crippen MR) is 81.3 cm³/mol. The molecule has 0 unspecified atom stereocenters. The third-order valence-corrected chi connectivity index (χ3v) is 5.07. The fourth-order valence-electron chi connectivity index (χ4n) is 2.91. The molecule has 1 heterocycles. The molecule has 0 bridgehead atoms. The molecule has 1 fully saturated rings. The number of nitrogens with zero attached hydrogens (tertiary/aromatic N) is 2. The summed E-state index contributed by atoms with van der Waals surface area (Å²) in [5, 5.41) is 4.12. The number of rotatable bonds is 6. The Balaban J connectivity index is 1.94. The highest BCUT2D eigenvalue weighted by Gasteiger charge is 2.49. The van der Waals surface area contributed by atoms with Gasteiger partial charge in [0.2, 0.25) is 10.0 Å². The lowest BCUT2D eigenvalue weighted by Crippen LogP contribution is -2.58. The third-order valence-electron chi connectivity index (χ3n) is 4.36. The fourth-order valence-corrected chi connectivity index (χ4v) is 3.83. The van der Waals surface area contributed by atoms with E-state index in [0.29, 0.717) is 5.92 Å². The average Bonchev–Trinajstić information content (AvgIpc) is 2.73. The van der Waals surface area contributed by atoms with Crippen LogP contribution in [0.1, 0.15) is 31.7 Å². The molecule has 0 aromatic carbocycles. The molecule has 7 heteroatoms. The van der Waals surface area contributed by atoms with Crippen LogP contribution in [0, 0.1) is 11.3 Å². The van der Waals surface area contributed by atoms with E-state index >= 15 is 0 Å². The quantitative estimate of drug-likeness (QED) is 0.855. The molecule has 0 radical (unpaired) electrons. The Morgan fingerprint density at radius 2 is 2.14 bits per heavy atom. The van der Waals surface area contributed by atoms with E-state index in [1.54, 1.807) is 0 Å². The first kappa shape index (κ1) is 16.5. The number of nitrogens with one attached hydrogen (secondary N) is 1. The lowest BCUT2D eigenvalue weighted by atomic mass is 9.57. The summed E-state index contributed by atoms with van der Waals surface area (Å²) in [5.41, 5.74) is 0.881. The van der Waals surface area contributed by atoms with Crippen molar-refractivity contribution in [3.8, 4) is 0 Å². The van der Waals surface area contributed by atoms with Crippen LogP contribution in [0.25, 0.3) is 0 Å². The van der Waals surface area contributed by atoms with Gasteiger partial charge in [0.25, 0.3) is 0 Å². The monoisotopic (exact) mass is 315 g/mol. The van der Waals surface area contributed by atoms with Crippen molar-refractivity contribution in [1.82, 2.24) is 14.8 Å². The Hall–Kier alpha value is -0.920. The van der Waals surface area contributed by atoms with Crippen LogP contribution in [-0.2, 0) is 23.0 Å². The first-order valence-corrected chi connectivity index (χ1v) is 9.03. The molecule has 6 nitrogen and oxygen atoms in total. The molecule has 21 heavy (non-hydrogen) atoms. The first-order chi connectivity index (χ1) is 9.58. The van der Waals surface area contributed by atoms with Crippen LogP contribution in [0.5, 0.6) is 0 Å². The molecule has 1 aromatic rings. The van der Waals surface area contributed by atoms with Gasteiger partial charge in [-0.05, 0) is 38.3 Å². The van der Waals surface area contributed by atoms with Crippen molar-refractivity contribution in [2.45, 2.75) is 39.3 Å². The highest BCUT2D eigenvalue weighted by atomic mass is 32.2. The molecule has 0 amide bonds. The lowest BCUT2D eigenvalue weighted by Gasteiger charge is -2.52. The van der Waals surface area contributed by atoms with Crippen LogP contribution in [0.2, 0.25) is 0 Å². The third kappa shape index (κ3) is 4.05. The van der Waals surface area contributed by atoms with Crippen molar-refractivity contribution in [2.24, 2.45) is 11.3 Å². The molecular formula is C14H25N3O3S. The molecule has 1 aliphatic carbocycles.